The lowest BCUT2D eigenvalue weighted by Crippen LogP contribution is -2.28. The third kappa shape index (κ3) is 6.53. The Balaban J connectivity index is 1.51. The van der Waals surface area contributed by atoms with Gasteiger partial charge < -0.3 is 9.64 Å². The highest BCUT2D eigenvalue weighted by molar-refractivity contribution is 5.96. The predicted molar refractivity (Wildman–Crippen MR) is 140 cm³/mol. The Hall–Kier alpha value is -4.34. The van der Waals surface area contributed by atoms with E-state index in [1.54, 1.807) is 47.6 Å². The van der Waals surface area contributed by atoms with Crippen LogP contribution in [0.15, 0.2) is 91.3 Å². The fraction of sp³-hybridized carbons (Fsp3) is 0.226. The molecule has 0 saturated carbocycles. The van der Waals surface area contributed by atoms with Gasteiger partial charge in [0.15, 0.2) is 0 Å². The Morgan fingerprint density at radius 2 is 1.59 bits per heavy atom. The summed E-state index contributed by atoms with van der Waals surface area (Å²) in [5, 5.41) is 0. The van der Waals surface area contributed by atoms with Crippen LogP contribution in [-0.4, -0.2) is 28.9 Å². The van der Waals surface area contributed by atoms with Crippen LogP contribution < -0.4 is 4.74 Å². The number of nitrogens with zero attached hydrogens (tertiary/aromatic N) is 2. The minimum Gasteiger partial charge on any atom is -0.488 e. The number of pyridine rings is 1. The number of halogens is 6. The monoisotopic (exact) mass is 570 g/mol. The SMILES string of the molecule is O=C(c1ccc(-c2cc(C(F)(F)F)cc(C(F)(F)F)c2)c(OCc2ccccc2)c1)N1CCC(c2cccnc2)C1. The number of benzene rings is 3. The number of ether oxygens (including phenoxy) is 1. The second-order valence-electron chi connectivity index (χ2n) is 9.80. The molecule has 0 aliphatic carbocycles. The van der Waals surface area contributed by atoms with Crippen LogP contribution in [0.5, 0.6) is 5.75 Å². The van der Waals surface area contributed by atoms with Gasteiger partial charge in [0.25, 0.3) is 5.91 Å². The van der Waals surface area contributed by atoms with Crippen LogP contribution in [0.3, 0.4) is 0 Å². The van der Waals surface area contributed by atoms with Gasteiger partial charge in [-0.05, 0) is 65.6 Å². The average Bonchev–Trinajstić information content (AvgIpc) is 3.46. The highest BCUT2D eigenvalue weighted by Gasteiger charge is 2.37. The molecule has 3 aromatic carbocycles. The van der Waals surface area contributed by atoms with E-state index in [9.17, 15) is 31.1 Å². The Bertz CT molecular complexity index is 1490. The van der Waals surface area contributed by atoms with E-state index in [1.807, 2.05) is 12.1 Å². The van der Waals surface area contributed by atoms with Crippen molar-refractivity contribution in [2.75, 3.05) is 13.1 Å². The predicted octanol–water partition coefficient (Wildman–Crippen LogP) is 7.99. The van der Waals surface area contributed by atoms with Crippen molar-refractivity contribution in [2.24, 2.45) is 0 Å². The quantitative estimate of drug-likeness (QED) is 0.221. The molecule has 1 aliphatic rings. The zero-order chi connectivity index (χ0) is 29.2. The van der Waals surface area contributed by atoms with Gasteiger partial charge in [-0.15, -0.1) is 0 Å². The van der Waals surface area contributed by atoms with Gasteiger partial charge >= 0.3 is 12.4 Å². The van der Waals surface area contributed by atoms with Crippen molar-refractivity contribution in [1.82, 2.24) is 9.88 Å². The maximum absolute atomic E-state index is 13.6. The molecule has 10 heteroatoms. The van der Waals surface area contributed by atoms with Crippen molar-refractivity contribution in [2.45, 2.75) is 31.3 Å². The molecule has 5 rings (SSSR count). The summed E-state index contributed by atoms with van der Waals surface area (Å²) in [5.74, 6) is -0.214. The molecule has 1 atom stereocenters. The second-order valence-corrected chi connectivity index (χ2v) is 9.80. The first-order valence-electron chi connectivity index (χ1n) is 12.8. The molecule has 1 unspecified atom stereocenters. The number of hydrogen-bond acceptors (Lipinski definition) is 3. The number of alkyl halides is 6. The zero-order valence-corrected chi connectivity index (χ0v) is 21.5. The highest BCUT2D eigenvalue weighted by atomic mass is 19.4. The lowest BCUT2D eigenvalue weighted by atomic mass is 9.97. The van der Waals surface area contributed by atoms with E-state index in [0.717, 1.165) is 17.5 Å². The van der Waals surface area contributed by atoms with Gasteiger partial charge in [0.05, 0.1) is 11.1 Å². The summed E-state index contributed by atoms with van der Waals surface area (Å²) >= 11 is 0. The summed E-state index contributed by atoms with van der Waals surface area (Å²) in [6.07, 6.45) is -5.85. The lowest BCUT2D eigenvalue weighted by Gasteiger charge is -2.20. The van der Waals surface area contributed by atoms with Gasteiger partial charge in [0.2, 0.25) is 0 Å². The number of aromatic nitrogens is 1. The van der Waals surface area contributed by atoms with Gasteiger partial charge in [0.1, 0.15) is 12.4 Å². The van der Waals surface area contributed by atoms with Crippen LogP contribution in [0.2, 0.25) is 0 Å². The normalized spacial score (nSPS) is 15.7. The number of hydrogen-bond donors (Lipinski definition) is 0. The Morgan fingerprint density at radius 1 is 0.878 bits per heavy atom. The first-order valence-corrected chi connectivity index (χ1v) is 12.8. The van der Waals surface area contributed by atoms with Crippen LogP contribution in [0.4, 0.5) is 26.3 Å². The van der Waals surface area contributed by atoms with E-state index < -0.39 is 23.5 Å². The van der Waals surface area contributed by atoms with Crippen molar-refractivity contribution in [3.8, 4) is 16.9 Å². The van der Waals surface area contributed by atoms with E-state index in [0.29, 0.717) is 25.2 Å². The van der Waals surface area contributed by atoms with Crippen molar-refractivity contribution in [3.63, 3.8) is 0 Å². The van der Waals surface area contributed by atoms with E-state index in [2.05, 4.69) is 4.98 Å². The maximum atomic E-state index is 13.6. The molecular weight excluding hydrogens is 546 g/mol. The molecular formula is C31H24F6N2O2. The minimum absolute atomic E-state index is 0.00346. The van der Waals surface area contributed by atoms with Crippen LogP contribution >= 0.6 is 0 Å². The van der Waals surface area contributed by atoms with Gasteiger partial charge in [-0.25, -0.2) is 0 Å². The highest BCUT2D eigenvalue weighted by Crippen LogP contribution is 2.41. The average molecular weight is 571 g/mol. The summed E-state index contributed by atoms with van der Waals surface area (Å²) in [6, 6.07) is 18.1. The molecule has 1 amide bonds. The molecule has 212 valence electrons. The zero-order valence-electron chi connectivity index (χ0n) is 21.5. The first kappa shape index (κ1) is 28.2. The fourth-order valence-corrected chi connectivity index (χ4v) is 4.88. The van der Waals surface area contributed by atoms with Gasteiger partial charge in [-0.3, -0.25) is 9.78 Å². The van der Waals surface area contributed by atoms with Crippen molar-refractivity contribution in [1.29, 1.82) is 0 Å². The third-order valence-electron chi connectivity index (χ3n) is 7.00. The lowest BCUT2D eigenvalue weighted by molar-refractivity contribution is -0.143. The first-order chi connectivity index (χ1) is 19.5. The van der Waals surface area contributed by atoms with Gasteiger partial charge in [-0.1, -0.05) is 36.4 Å². The van der Waals surface area contributed by atoms with Gasteiger partial charge in [0, 0.05) is 42.5 Å². The number of carbonyl (C=O) groups is 1. The summed E-state index contributed by atoms with van der Waals surface area (Å²) in [6.45, 7) is 0.932. The van der Waals surface area contributed by atoms with Crippen LogP contribution in [0, 0.1) is 0 Å². The Morgan fingerprint density at radius 3 is 2.22 bits per heavy atom. The topological polar surface area (TPSA) is 42.4 Å². The fourth-order valence-electron chi connectivity index (χ4n) is 4.88. The molecule has 1 aromatic heterocycles. The van der Waals surface area contributed by atoms with E-state index in [-0.39, 0.29) is 46.9 Å². The molecule has 0 bridgehead atoms. The largest absolute Gasteiger partial charge is 0.488 e. The van der Waals surface area contributed by atoms with E-state index >= 15 is 0 Å². The van der Waals surface area contributed by atoms with Crippen molar-refractivity contribution in [3.05, 3.63) is 119 Å². The molecule has 0 radical (unpaired) electrons. The molecule has 1 saturated heterocycles. The number of carbonyl (C=O) groups excluding carboxylic acids is 1. The molecule has 0 spiro atoms. The third-order valence-corrected chi connectivity index (χ3v) is 7.00. The van der Waals surface area contributed by atoms with Crippen molar-refractivity contribution < 1.29 is 35.9 Å². The molecule has 2 heterocycles. The summed E-state index contributed by atoms with van der Waals surface area (Å²) in [4.78, 5) is 19.2. The van der Waals surface area contributed by atoms with Crippen LogP contribution in [-0.2, 0) is 19.0 Å². The molecule has 1 aliphatic heterocycles. The van der Waals surface area contributed by atoms with Crippen molar-refractivity contribution >= 4 is 5.91 Å². The smallest absolute Gasteiger partial charge is 0.416 e. The summed E-state index contributed by atoms with van der Waals surface area (Å²) < 4.78 is 87.3. The minimum atomic E-state index is -5.00. The Labute approximate surface area is 232 Å². The molecule has 41 heavy (non-hydrogen) atoms. The van der Waals surface area contributed by atoms with Crippen LogP contribution in [0.25, 0.3) is 11.1 Å². The number of rotatable bonds is 6. The molecule has 1 fully saturated rings. The summed E-state index contributed by atoms with van der Waals surface area (Å²) in [7, 11) is 0. The second kappa shape index (κ2) is 11.3. The van der Waals surface area contributed by atoms with E-state index in [1.165, 1.54) is 18.2 Å². The van der Waals surface area contributed by atoms with E-state index in [4.69, 9.17) is 4.74 Å². The van der Waals surface area contributed by atoms with Gasteiger partial charge in [-0.2, -0.15) is 26.3 Å². The Kier molecular flexibility index (Phi) is 7.75. The maximum Gasteiger partial charge on any atom is 0.416 e. The molecule has 4 aromatic rings. The summed E-state index contributed by atoms with van der Waals surface area (Å²) in [5.41, 5.74) is -1.24. The number of amides is 1. The van der Waals surface area contributed by atoms with Crippen LogP contribution in [0.1, 0.15) is 45.0 Å². The number of likely N-dealkylation sites (tertiary alicyclic amines) is 1. The molecule has 4 nitrogen and oxygen atoms in total. The standard InChI is InChI=1S/C31H24F6N2O2/c32-30(33,34)25-13-24(14-26(16-25)31(35,36)37)27-9-8-21(15-28(27)41-19-20-5-2-1-3-6-20)29(40)39-12-10-23(18-39)22-7-4-11-38-17-22/h1-9,11,13-17,23H,10,12,18-19H2. The molecule has 0 N–H and O–H groups in total.